The zero-order chi connectivity index (χ0) is 27.8. The molecule has 0 bridgehead atoms. The Morgan fingerprint density at radius 2 is 1.90 bits per heavy atom. The van der Waals surface area contributed by atoms with Crippen LogP contribution in [0.5, 0.6) is 0 Å². The number of anilines is 2. The highest BCUT2D eigenvalue weighted by atomic mass is 19.1. The van der Waals surface area contributed by atoms with E-state index in [-0.39, 0.29) is 36.7 Å². The minimum atomic E-state index is -0.604. The SMILES string of the molecule is Cc1nc(NNC(=O)[C@@H](CNC(=O)OCc2ccccc2)CC2CCCC2)c(F)c(N2CCN(C)C[C@H]2C)n1. The summed E-state index contributed by atoms with van der Waals surface area (Å²) in [5.74, 6) is -0.487. The lowest BCUT2D eigenvalue weighted by atomic mass is 9.92. The Morgan fingerprint density at radius 1 is 1.15 bits per heavy atom. The standard InChI is InChI=1S/C28H40FN7O3/c1-19-17-35(3)13-14-36(19)26-24(29)25(31-20(2)32-26)33-34-27(37)23(15-21-9-7-8-10-21)16-30-28(38)39-18-22-11-5-4-6-12-22/h4-6,11-12,19,21,23H,7-10,13-18H2,1-3H3,(H,30,38)(H,34,37)(H,31,32,33)/t19-,23-/m1/s1. The van der Waals surface area contributed by atoms with Crippen LogP contribution in [0.2, 0.25) is 0 Å². The molecule has 1 saturated heterocycles. The molecule has 3 N–H and O–H groups in total. The average Bonchev–Trinajstić information content (AvgIpc) is 3.44. The first kappa shape index (κ1) is 28.5. The lowest BCUT2D eigenvalue weighted by Gasteiger charge is -2.39. The number of hydrogen-bond acceptors (Lipinski definition) is 8. The van der Waals surface area contributed by atoms with Gasteiger partial charge in [0.1, 0.15) is 12.4 Å². The van der Waals surface area contributed by atoms with Gasteiger partial charge in [-0.2, -0.15) is 4.39 Å². The molecule has 2 amide bonds. The molecule has 2 aliphatic rings. The van der Waals surface area contributed by atoms with Crippen LogP contribution in [0.25, 0.3) is 0 Å². The molecule has 1 aromatic heterocycles. The van der Waals surface area contributed by atoms with E-state index in [4.69, 9.17) is 4.74 Å². The number of hydrazine groups is 1. The van der Waals surface area contributed by atoms with Crippen molar-refractivity contribution in [3.8, 4) is 0 Å². The van der Waals surface area contributed by atoms with E-state index in [9.17, 15) is 9.59 Å². The summed E-state index contributed by atoms with van der Waals surface area (Å²) in [5, 5.41) is 2.73. The van der Waals surface area contributed by atoms with Gasteiger partial charge in [0.2, 0.25) is 11.7 Å². The third kappa shape index (κ3) is 8.01. The van der Waals surface area contributed by atoms with Gasteiger partial charge < -0.3 is 19.9 Å². The van der Waals surface area contributed by atoms with Crippen LogP contribution in [0.15, 0.2) is 30.3 Å². The van der Waals surface area contributed by atoms with Gasteiger partial charge in [-0.25, -0.2) is 14.8 Å². The predicted octanol–water partition coefficient (Wildman–Crippen LogP) is 3.63. The second kappa shape index (κ2) is 13.5. The number of carbonyl (C=O) groups is 2. The second-order valence-electron chi connectivity index (χ2n) is 10.7. The number of amides is 2. The van der Waals surface area contributed by atoms with Gasteiger partial charge in [-0.3, -0.25) is 15.6 Å². The van der Waals surface area contributed by atoms with E-state index in [2.05, 4.69) is 31.0 Å². The number of alkyl carbamates (subject to hydrolysis) is 1. The number of rotatable bonds is 10. The molecule has 1 aliphatic heterocycles. The topological polar surface area (TPSA) is 112 Å². The smallest absolute Gasteiger partial charge is 0.407 e. The third-order valence-electron chi connectivity index (χ3n) is 7.52. The largest absolute Gasteiger partial charge is 0.445 e. The van der Waals surface area contributed by atoms with E-state index in [1.807, 2.05) is 49.2 Å². The van der Waals surface area contributed by atoms with E-state index in [1.165, 1.54) is 0 Å². The molecular weight excluding hydrogens is 501 g/mol. The first-order valence-corrected chi connectivity index (χ1v) is 13.8. The van der Waals surface area contributed by atoms with Crippen LogP contribution in [0, 0.1) is 24.6 Å². The maximum Gasteiger partial charge on any atom is 0.407 e. The fourth-order valence-corrected chi connectivity index (χ4v) is 5.41. The maximum absolute atomic E-state index is 15.5. The fraction of sp³-hybridized carbons (Fsp3) is 0.571. The molecule has 39 heavy (non-hydrogen) atoms. The molecule has 212 valence electrons. The molecule has 4 rings (SSSR count). The number of benzene rings is 1. The van der Waals surface area contributed by atoms with Gasteiger partial charge in [-0.1, -0.05) is 56.0 Å². The Bertz CT molecular complexity index is 1110. The van der Waals surface area contributed by atoms with Crippen LogP contribution in [0.4, 0.5) is 20.8 Å². The van der Waals surface area contributed by atoms with Crippen LogP contribution in [0.1, 0.15) is 50.4 Å². The summed E-state index contributed by atoms with van der Waals surface area (Å²) in [5.41, 5.74) is 6.20. The lowest BCUT2D eigenvalue weighted by molar-refractivity contribution is -0.124. The minimum absolute atomic E-state index is 0.0770. The normalized spacial score (nSPS) is 19.0. The molecular formula is C28H40FN7O3. The van der Waals surface area contributed by atoms with Crippen molar-refractivity contribution in [2.24, 2.45) is 11.8 Å². The van der Waals surface area contributed by atoms with Crippen molar-refractivity contribution >= 4 is 23.6 Å². The summed E-state index contributed by atoms with van der Waals surface area (Å²) < 4.78 is 20.8. The van der Waals surface area contributed by atoms with Crippen molar-refractivity contribution in [1.82, 2.24) is 25.6 Å². The highest BCUT2D eigenvalue weighted by Crippen LogP contribution is 2.30. The number of nitrogens with one attached hydrogen (secondary N) is 3. The molecule has 2 fully saturated rings. The van der Waals surface area contributed by atoms with Gasteiger partial charge in [0.15, 0.2) is 11.6 Å². The summed E-state index contributed by atoms with van der Waals surface area (Å²) in [6.45, 7) is 6.24. The van der Waals surface area contributed by atoms with Crippen molar-refractivity contribution in [2.45, 2.75) is 58.6 Å². The maximum atomic E-state index is 15.5. The molecule has 2 heterocycles. The zero-order valence-corrected chi connectivity index (χ0v) is 23.1. The number of ether oxygens (including phenoxy) is 1. The van der Waals surface area contributed by atoms with Crippen LogP contribution in [0.3, 0.4) is 0 Å². The zero-order valence-electron chi connectivity index (χ0n) is 23.1. The first-order valence-electron chi connectivity index (χ1n) is 13.8. The molecule has 10 nitrogen and oxygen atoms in total. The van der Waals surface area contributed by atoms with Gasteiger partial charge in [-0.05, 0) is 38.8 Å². The van der Waals surface area contributed by atoms with E-state index in [1.54, 1.807) is 6.92 Å². The number of halogens is 1. The average molecular weight is 542 g/mol. The van der Waals surface area contributed by atoms with Crippen LogP contribution >= 0.6 is 0 Å². The summed E-state index contributed by atoms with van der Waals surface area (Å²) >= 11 is 0. The summed E-state index contributed by atoms with van der Waals surface area (Å²) in [4.78, 5) is 38.2. The second-order valence-corrected chi connectivity index (χ2v) is 10.7. The van der Waals surface area contributed by atoms with Gasteiger partial charge in [0.05, 0.1) is 5.92 Å². The quantitative estimate of drug-likeness (QED) is 0.391. The van der Waals surface area contributed by atoms with Crippen LogP contribution in [-0.2, 0) is 16.1 Å². The molecule has 2 atom stereocenters. The van der Waals surface area contributed by atoms with Gasteiger partial charge in [0.25, 0.3) is 0 Å². The molecule has 1 aromatic carbocycles. The Morgan fingerprint density at radius 3 is 2.62 bits per heavy atom. The summed E-state index contributed by atoms with van der Waals surface area (Å²) in [6.07, 6.45) is 4.44. The van der Waals surface area contributed by atoms with Gasteiger partial charge >= 0.3 is 6.09 Å². The van der Waals surface area contributed by atoms with Gasteiger partial charge in [-0.15, -0.1) is 0 Å². The van der Waals surface area contributed by atoms with Crippen molar-refractivity contribution in [3.05, 3.63) is 47.5 Å². The Labute approximate surface area is 229 Å². The monoisotopic (exact) mass is 541 g/mol. The number of carbonyl (C=O) groups excluding carboxylic acids is 2. The first-order chi connectivity index (χ1) is 18.8. The van der Waals surface area contributed by atoms with Crippen molar-refractivity contribution in [2.75, 3.05) is 43.6 Å². The predicted molar refractivity (Wildman–Crippen MR) is 147 cm³/mol. The number of piperazine rings is 1. The highest BCUT2D eigenvalue weighted by molar-refractivity contribution is 5.81. The summed E-state index contributed by atoms with van der Waals surface area (Å²) in [7, 11) is 2.04. The van der Waals surface area contributed by atoms with Crippen molar-refractivity contribution in [1.29, 1.82) is 0 Å². The number of aryl methyl sites for hydroxylation is 1. The molecule has 0 spiro atoms. The van der Waals surface area contributed by atoms with E-state index in [0.29, 0.717) is 24.7 Å². The number of hydrogen-bond donors (Lipinski definition) is 3. The summed E-state index contributed by atoms with van der Waals surface area (Å²) in [6, 6.07) is 9.48. The Kier molecular flexibility index (Phi) is 9.91. The van der Waals surface area contributed by atoms with Gasteiger partial charge in [0, 0.05) is 32.2 Å². The van der Waals surface area contributed by atoms with Crippen molar-refractivity contribution < 1.29 is 18.7 Å². The van der Waals surface area contributed by atoms with Crippen LogP contribution < -0.4 is 21.1 Å². The number of likely N-dealkylation sites (N-methyl/N-ethyl adjacent to an activating group) is 1. The minimum Gasteiger partial charge on any atom is -0.445 e. The number of nitrogens with zero attached hydrogens (tertiary/aromatic N) is 4. The fourth-order valence-electron chi connectivity index (χ4n) is 5.41. The van der Waals surface area contributed by atoms with Crippen molar-refractivity contribution in [3.63, 3.8) is 0 Å². The Hall–Kier alpha value is -3.47. The number of aromatic nitrogens is 2. The van der Waals surface area contributed by atoms with E-state index in [0.717, 1.165) is 44.3 Å². The van der Waals surface area contributed by atoms with E-state index < -0.39 is 17.8 Å². The molecule has 1 aliphatic carbocycles. The van der Waals surface area contributed by atoms with E-state index >= 15 is 4.39 Å². The lowest BCUT2D eigenvalue weighted by Crippen LogP contribution is -2.51. The third-order valence-corrected chi connectivity index (χ3v) is 7.52. The molecule has 0 radical (unpaired) electrons. The molecule has 11 heteroatoms. The molecule has 0 unspecified atom stereocenters. The Balaban J connectivity index is 1.37. The highest BCUT2D eigenvalue weighted by Gasteiger charge is 2.29. The molecule has 1 saturated carbocycles. The van der Waals surface area contributed by atoms with Crippen LogP contribution in [-0.4, -0.2) is 66.1 Å². The molecule has 2 aromatic rings.